The monoisotopic (exact) mass is 236 g/mol. The molecule has 1 aromatic carbocycles. The predicted molar refractivity (Wildman–Crippen MR) is 71.8 cm³/mol. The van der Waals surface area contributed by atoms with Gasteiger partial charge in [0.15, 0.2) is 0 Å². The SMILES string of the molecule is O=c1ccc2c([nH]1)CCc1c-2[nH]c2ccccc12. The van der Waals surface area contributed by atoms with Gasteiger partial charge in [-0.15, -0.1) is 0 Å². The van der Waals surface area contributed by atoms with Gasteiger partial charge in [-0.2, -0.15) is 0 Å². The number of hydrogen-bond donors (Lipinski definition) is 2. The standard InChI is InChI=1S/C15H12N2O/c18-14-8-6-11-13(16-14)7-5-10-9-3-1-2-4-12(9)17-15(10)11/h1-4,6,8,17H,5,7H2,(H,16,18). The summed E-state index contributed by atoms with van der Waals surface area (Å²) < 4.78 is 0. The van der Waals surface area contributed by atoms with Gasteiger partial charge in [0.05, 0.1) is 5.69 Å². The first kappa shape index (κ1) is 9.71. The van der Waals surface area contributed by atoms with Crippen LogP contribution in [0.2, 0.25) is 0 Å². The van der Waals surface area contributed by atoms with Crippen LogP contribution < -0.4 is 5.56 Å². The normalized spacial score (nSPS) is 13.3. The molecule has 88 valence electrons. The lowest BCUT2D eigenvalue weighted by Gasteiger charge is -2.15. The van der Waals surface area contributed by atoms with E-state index in [4.69, 9.17) is 0 Å². The van der Waals surface area contributed by atoms with Crippen molar-refractivity contribution in [3.8, 4) is 11.3 Å². The fourth-order valence-corrected chi connectivity index (χ4v) is 2.89. The topological polar surface area (TPSA) is 48.6 Å². The van der Waals surface area contributed by atoms with Crippen LogP contribution in [0, 0.1) is 0 Å². The van der Waals surface area contributed by atoms with E-state index in [2.05, 4.69) is 28.2 Å². The summed E-state index contributed by atoms with van der Waals surface area (Å²) >= 11 is 0. The summed E-state index contributed by atoms with van der Waals surface area (Å²) in [4.78, 5) is 17.8. The lowest BCUT2D eigenvalue weighted by Crippen LogP contribution is -2.12. The molecule has 0 bridgehead atoms. The van der Waals surface area contributed by atoms with Crippen molar-refractivity contribution >= 4 is 10.9 Å². The van der Waals surface area contributed by atoms with E-state index in [1.54, 1.807) is 6.07 Å². The molecule has 0 saturated heterocycles. The quantitative estimate of drug-likeness (QED) is 0.619. The van der Waals surface area contributed by atoms with Gasteiger partial charge in [-0.25, -0.2) is 0 Å². The number of pyridine rings is 1. The fraction of sp³-hybridized carbons (Fsp3) is 0.133. The second-order valence-corrected chi connectivity index (χ2v) is 4.74. The van der Waals surface area contributed by atoms with Crippen molar-refractivity contribution in [3.05, 3.63) is 58.0 Å². The van der Waals surface area contributed by atoms with E-state index in [1.165, 1.54) is 16.5 Å². The highest BCUT2D eigenvalue weighted by atomic mass is 16.1. The fourth-order valence-electron chi connectivity index (χ4n) is 2.89. The molecule has 0 atom stereocenters. The Bertz CT molecular complexity index is 811. The van der Waals surface area contributed by atoms with Crippen molar-refractivity contribution in [2.75, 3.05) is 0 Å². The zero-order valence-electron chi connectivity index (χ0n) is 9.79. The van der Waals surface area contributed by atoms with Crippen LogP contribution in [-0.2, 0) is 12.8 Å². The van der Waals surface area contributed by atoms with Crippen molar-refractivity contribution < 1.29 is 0 Å². The Balaban J connectivity index is 2.09. The number of nitrogens with one attached hydrogen (secondary N) is 2. The lowest BCUT2D eigenvalue weighted by atomic mass is 9.92. The van der Waals surface area contributed by atoms with E-state index in [1.807, 2.05) is 12.1 Å². The highest BCUT2D eigenvalue weighted by Crippen LogP contribution is 2.35. The molecule has 3 aromatic rings. The number of H-pyrrole nitrogens is 2. The number of aromatic amines is 2. The molecule has 4 rings (SSSR count). The highest BCUT2D eigenvalue weighted by molar-refractivity contribution is 5.91. The van der Waals surface area contributed by atoms with Crippen LogP contribution >= 0.6 is 0 Å². The van der Waals surface area contributed by atoms with Gasteiger partial charge in [-0.3, -0.25) is 4.79 Å². The van der Waals surface area contributed by atoms with Crippen molar-refractivity contribution in [2.45, 2.75) is 12.8 Å². The van der Waals surface area contributed by atoms with Gasteiger partial charge in [0.2, 0.25) is 5.56 Å². The molecule has 2 heterocycles. The first-order valence-electron chi connectivity index (χ1n) is 6.15. The molecule has 0 radical (unpaired) electrons. The molecular formula is C15H12N2O. The molecule has 3 heteroatoms. The van der Waals surface area contributed by atoms with E-state index in [9.17, 15) is 4.79 Å². The Labute approximate surface area is 103 Å². The zero-order chi connectivity index (χ0) is 12.1. The van der Waals surface area contributed by atoms with Crippen LogP contribution in [0.3, 0.4) is 0 Å². The Kier molecular flexibility index (Phi) is 1.81. The Hall–Kier alpha value is -2.29. The number of fused-ring (bicyclic) bond motifs is 5. The molecular weight excluding hydrogens is 224 g/mol. The van der Waals surface area contributed by atoms with E-state index < -0.39 is 0 Å². The summed E-state index contributed by atoms with van der Waals surface area (Å²) in [6, 6.07) is 11.9. The van der Waals surface area contributed by atoms with Crippen molar-refractivity contribution in [3.63, 3.8) is 0 Å². The molecule has 2 N–H and O–H groups in total. The number of aryl methyl sites for hydroxylation is 2. The minimum atomic E-state index is -0.0201. The largest absolute Gasteiger partial charge is 0.354 e. The van der Waals surface area contributed by atoms with Gasteiger partial charge in [-0.05, 0) is 30.5 Å². The summed E-state index contributed by atoms with van der Waals surface area (Å²) in [5.74, 6) is 0. The first-order valence-corrected chi connectivity index (χ1v) is 6.15. The van der Waals surface area contributed by atoms with Gasteiger partial charge in [0.25, 0.3) is 0 Å². The summed E-state index contributed by atoms with van der Waals surface area (Å²) in [5.41, 5.74) is 5.85. The van der Waals surface area contributed by atoms with Crippen molar-refractivity contribution in [1.82, 2.24) is 9.97 Å². The number of rotatable bonds is 0. The number of aromatic nitrogens is 2. The van der Waals surface area contributed by atoms with E-state index in [0.29, 0.717) is 0 Å². The van der Waals surface area contributed by atoms with Gasteiger partial charge in [0, 0.05) is 28.2 Å². The van der Waals surface area contributed by atoms with Gasteiger partial charge >= 0.3 is 0 Å². The second-order valence-electron chi connectivity index (χ2n) is 4.74. The summed E-state index contributed by atoms with van der Waals surface area (Å²) in [6.07, 6.45) is 1.88. The van der Waals surface area contributed by atoms with Crippen LogP contribution in [0.5, 0.6) is 0 Å². The van der Waals surface area contributed by atoms with Crippen LogP contribution in [-0.4, -0.2) is 9.97 Å². The first-order chi connectivity index (χ1) is 8.83. The summed E-state index contributed by atoms with van der Waals surface area (Å²) in [5, 5.41) is 1.30. The molecule has 0 amide bonds. The average Bonchev–Trinajstić information content (AvgIpc) is 2.77. The third kappa shape index (κ3) is 1.21. The predicted octanol–water partition coefficient (Wildman–Crippen LogP) is 2.62. The van der Waals surface area contributed by atoms with E-state index in [-0.39, 0.29) is 5.56 Å². The molecule has 0 unspecified atom stereocenters. The van der Waals surface area contributed by atoms with Crippen LogP contribution in [0.25, 0.3) is 22.2 Å². The van der Waals surface area contributed by atoms with Crippen LogP contribution in [0.1, 0.15) is 11.3 Å². The van der Waals surface area contributed by atoms with E-state index >= 15 is 0 Å². The third-order valence-corrected chi connectivity index (χ3v) is 3.71. The highest BCUT2D eigenvalue weighted by Gasteiger charge is 2.20. The maximum absolute atomic E-state index is 11.4. The molecule has 0 saturated carbocycles. The molecule has 0 aliphatic heterocycles. The molecule has 3 nitrogen and oxygen atoms in total. The molecule has 0 fully saturated rings. The van der Waals surface area contributed by atoms with Gasteiger partial charge in [-0.1, -0.05) is 18.2 Å². The molecule has 2 aromatic heterocycles. The maximum Gasteiger partial charge on any atom is 0.248 e. The van der Waals surface area contributed by atoms with Crippen molar-refractivity contribution in [1.29, 1.82) is 0 Å². The van der Waals surface area contributed by atoms with Crippen LogP contribution in [0.15, 0.2) is 41.2 Å². The number of para-hydroxylation sites is 1. The summed E-state index contributed by atoms with van der Waals surface area (Å²) in [7, 11) is 0. The minimum absolute atomic E-state index is 0.0201. The average molecular weight is 236 g/mol. The Morgan fingerprint density at radius 1 is 0.944 bits per heavy atom. The van der Waals surface area contributed by atoms with Crippen LogP contribution in [0.4, 0.5) is 0 Å². The zero-order valence-corrected chi connectivity index (χ0v) is 9.79. The summed E-state index contributed by atoms with van der Waals surface area (Å²) in [6.45, 7) is 0. The second kappa shape index (κ2) is 3.35. The minimum Gasteiger partial charge on any atom is -0.354 e. The lowest BCUT2D eigenvalue weighted by molar-refractivity contribution is 0.891. The molecule has 1 aliphatic rings. The van der Waals surface area contributed by atoms with Crippen molar-refractivity contribution in [2.24, 2.45) is 0 Å². The van der Waals surface area contributed by atoms with Gasteiger partial charge < -0.3 is 9.97 Å². The molecule has 1 aliphatic carbocycles. The number of benzene rings is 1. The smallest absolute Gasteiger partial charge is 0.248 e. The molecule has 18 heavy (non-hydrogen) atoms. The van der Waals surface area contributed by atoms with E-state index in [0.717, 1.165) is 29.8 Å². The Morgan fingerprint density at radius 2 is 1.83 bits per heavy atom. The third-order valence-electron chi connectivity index (χ3n) is 3.71. The number of hydrogen-bond acceptors (Lipinski definition) is 1. The molecule has 0 spiro atoms. The Morgan fingerprint density at radius 3 is 2.78 bits per heavy atom. The van der Waals surface area contributed by atoms with Gasteiger partial charge in [0.1, 0.15) is 0 Å². The maximum atomic E-state index is 11.4.